The zero-order chi connectivity index (χ0) is 6.41. The molecule has 0 unspecified atom stereocenters. The van der Waals surface area contributed by atoms with E-state index in [1.54, 1.807) is 0 Å². The van der Waals surface area contributed by atoms with Crippen LogP contribution in [0.4, 0.5) is 0 Å². The highest BCUT2D eigenvalue weighted by Gasteiger charge is 1.93. The first-order valence-electron chi connectivity index (χ1n) is 2.89. The molecule has 0 radical (unpaired) electrons. The SMILES string of the molecule is CCN(CC)CON. The Balaban J connectivity index is 3.07. The summed E-state index contributed by atoms with van der Waals surface area (Å²) >= 11 is 0. The Morgan fingerprint density at radius 2 is 1.88 bits per heavy atom. The van der Waals surface area contributed by atoms with Crippen molar-refractivity contribution in [2.45, 2.75) is 13.8 Å². The van der Waals surface area contributed by atoms with Gasteiger partial charge in [-0.3, -0.25) is 9.74 Å². The number of nitrogens with zero attached hydrogens (tertiary/aromatic N) is 1. The van der Waals surface area contributed by atoms with Crippen LogP contribution >= 0.6 is 0 Å². The molecular formula is C5H14N2O. The fourth-order valence-electron chi connectivity index (χ4n) is 0.512. The van der Waals surface area contributed by atoms with Gasteiger partial charge in [0.1, 0.15) is 6.73 Å². The van der Waals surface area contributed by atoms with E-state index >= 15 is 0 Å². The monoisotopic (exact) mass is 118 g/mol. The quantitative estimate of drug-likeness (QED) is 0.422. The summed E-state index contributed by atoms with van der Waals surface area (Å²) in [6, 6.07) is 0. The molecule has 0 saturated carbocycles. The molecule has 0 aromatic heterocycles. The summed E-state index contributed by atoms with van der Waals surface area (Å²) in [7, 11) is 0. The highest BCUT2D eigenvalue weighted by atomic mass is 16.6. The van der Waals surface area contributed by atoms with E-state index in [-0.39, 0.29) is 0 Å². The fraction of sp³-hybridized carbons (Fsp3) is 1.00. The van der Waals surface area contributed by atoms with Crippen molar-refractivity contribution < 1.29 is 4.84 Å². The van der Waals surface area contributed by atoms with Crippen molar-refractivity contribution in [2.24, 2.45) is 5.90 Å². The topological polar surface area (TPSA) is 38.5 Å². The van der Waals surface area contributed by atoms with Crippen LogP contribution in [0.1, 0.15) is 13.8 Å². The smallest absolute Gasteiger partial charge is 0.121 e. The van der Waals surface area contributed by atoms with Gasteiger partial charge in [0.05, 0.1) is 0 Å². The van der Waals surface area contributed by atoms with Crippen LogP contribution in [0, 0.1) is 0 Å². The van der Waals surface area contributed by atoms with Gasteiger partial charge in [-0.1, -0.05) is 13.8 Å². The minimum absolute atomic E-state index is 0.535. The first kappa shape index (κ1) is 7.88. The van der Waals surface area contributed by atoms with E-state index in [0.29, 0.717) is 6.73 Å². The van der Waals surface area contributed by atoms with Crippen LogP contribution in [0.2, 0.25) is 0 Å². The van der Waals surface area contributed by atoms with Gasteiger partial charge in [-0.2, -0.15) is 0 Å². The maximum Gasteiger partial charge on any atom is 0.121 e. The summed E-state index contributed by atoms with van der Waals surface area (Å²) in [5, 5.41) is 0. The van der Waals surface area contributed by atoms with E-state index in [1.165, 1.54) is 0 Å². The van der Waals surface area contributed by atoms with Crippen LogP contribution in [0.3, 0.4) is 0 Å². The Labute approximate surface area is 50.4 Å². The molecular weight excluding hydrogens is 104 g/mol. The molecule has 0 aromatic carbocycles. The molecule has 50 valence electrons. The second kappa shape index (κ2) is 5.03. The molecule has 0 amide bonds. The van der Waals surface area contributed by atoms with Crippen molar-refractivity contribution in [1.29, 1.82) is 0 Å². The first-order chi connectivity index (χ1) is 3.85. The van der Waals surface area contributed by atoms with Gasteiger partial charge in [-0.25, -0.2) is 5.90 Å². The molecule has 0 atom stereocenters. The van der Waals surface area contributed by atoms with Crippen molar-refractivity contribution in [3.05, 3.63) is 0 Å². The van der Waals surface area contributed by atoms with E-state index in [9.17, 15) is 0 Å². The molecule has 0 aliphatic rings. The van der Waals surface area contributed by atoms with Gasteiger partial charge in [0, 0.05) is 0 Å². The van der Waals surface area contributed by atoms with Gasteiger partial charge in [-0.05, 0) is 13.1 Å². The molecule has 0 aliphatic carbocycles. The lowest BCUT2D eigenvalue weighted by atomic mass is 10.6. The second-order valence-corrected chi connectivity index (χ2v) is 1.60. The Kier molecular flexibility index (Phi) is 4.95. The van der Waals surface area contributed by atoms with E-state index in [1.807, 2.05) is 0 Å². The van der Waals surface area contributed by atoms with Crippen molar-refractivity contribution in [1.82, 2.24) is 4.90 Å². The maximum atomic E-state index is 4.84. The summed E-state index contributed by atoms with van der Waals surface area (Å²) in [6.45, 7) is 6.67. The number of nitrogens with two attached hydrogens (primary N) is 1. The Morgan fingerprint density at radius 3 is 2.00 bits per heavy atom. The molecule has 8 heavy (non-hydrogen) atoms. The highest BCUT2D eigenvalue weighted by molar-refractivity contribution is 4.40. The van der Waals surface area contributed by atoms with E-state index in [0.717, 1.165) is 13.1 Å². The van der Waals surface area contributed by atoms with Crippen molar-refractivity contribution in [3.8, 4) is 0 Å². The lowest BCUT2D eigenvalue weighted by Gasteiger charge is -2.14. The molecule has 0 heterocycles. The standard InChI is InChI=1S/C5H14N2O/c1-3-7(4-2)5-8-6/h3-6H2,1-2H3. The summed E-state index contributed by atoms with van der Waals surface area (Å²) in [6.07, 6.45) is 0. The Morgan fingerprint density at radius 1 is 1.38 bits per heavy atom. The van der Waals surface area contributed by atoms with Crippen LogP contribution in [0.5, 0.6) is 0 Å². The van der Waals surface area contributed by atoms with Crippen LogP contribution < -0.4 is 5.90 Å². The van der Waals surface area contributed by atoms with Gasteiger partial charge in [0.2, 0.25) is 0 Å². The summed E-state index contributed by atoms with van der Waals surface area (Å²) in [4.78, 5) is 6.50. The van der Waals surface area contributed by atoms with Crippen molar-refractivity contribution in [2.75, 3.05) is 19.8 Å². The molecule has 0 spiro atoms. The minimum atomic E-state index is 0.535. The van der Waals surface area contributed by atoms with Gasteiger partial charge in [0.15, 0.2) is 0 Å². The first-order valence-corrected chi connectivity index (χ1v) is 2.89. The predicted octanol–water partition coefficient (Wildman–Crippen LogP) is 0.176. The van der Waals surface area contributed by atoms with Crippen LogP contribution in [-0.4, -0.2) is 24.7 Å². The molecule has 0 rings (SSSR count). The third kappa shape index (κ3) is 2.96. The summed E-state index contributed by atoms with van der Waals surface area (Å²) < 4.78 is 0. The third-order valence-electron chi connectivity index (χ3n) is 1.15. The third-order valence-corrected chi connectivity index (χ3v) is 1.15. The molecule has 2 N–H and O–H groups in total. The van der Waals surface area contributed by atoms with E-state index in [2.05, 4.69) is 23.6 Å². The minimum Gasteiger partial charge on any atom is -0.289 e. The van der Waals surface area contributed by atoms with Gasteiger partial charge in [0.25, 0.3) is 0 Å². The van der Waals surface area contributed by atoms with E-state index in [4.69, 9.17) is 5.90 Å². The zero-order valence-electron chi connectivity index (χ0n) is 5.55. The largest absolute Gasteiger partial charge is 0.289 e. The van der Waals surface area contributed by atoms with E-state index < -0.39 is 0 Å². The van der Waals surface area contributed by atoms with Gasteiger partial charge >= 0.3 is 0 Å². The molecule has 0 bridgehead atoms. The van der Waals surface area contributed by atoms with Gasteiger partial charge in [-0.15, -0.1) is 0 Å². The molecule has 0 aliphatic heterocycles. The Bertz CT molecular complexity index is 45.7. The molecule has 3 heteroatoms. The fourth-order valence-corrected chi connectivity index (χ4v) is 0.512. The highest BCUT2D eigenvalue weighted by Crippen LogP contribution is 1.82. The zero-order valence-corrected chi connectivity index (χ0v) is 5.55. The van der Waals surface area contributed by atoms with Crippen molar-refractivity contribution in [3.63, 3.8) is 0 Å². The summed E-state index contributed by atoms with van der Waals surface area (Å²) in [5.41, 5.74) is 0. The number of hydrogen-bond donors (Lipinski definition) is 1. The van der Waals surface area contributed by atoms with Gasteiger partial charge < -0.3 is 0 Å². The number of hydrogen-bond acceptors (Lipinski definition) is 3. The lowest BCUT2D eigenvalue weighted by Crippen LogP contribution is -2.27. The van der Waals surface area contributed by atoms with Crippen LogP contribution in [0.15, 0.2) is 0 Å². The maximum absolute atomic E-state index is 4.84. The number of rotatable bonds is 4. The summed E-state index contributed by atoms with van der Waals surface area (Å²) in [5.74, 6) is 4.84. The molecule has 3 nitrogen and oxygen atoms in total. The molecule has 0 saturated heterocycles. The lowest BCUT2D eigenvalue weighted by molar-refractivity contribution is 0.0340. The molecule has 0 aromatic rings. The van der Waals surface area contributed by atoms with Crippen LogP contribution in [-0.2, 0) is 4.84 Å². The predicted molar refractivity (Wildman–Crippen MR) is 33.1 cm³/mol. The average molecular weight is 118 g/mol. The second-order valence-electron chi connectivity index (χ2n) is 1.60. The average Bonchev–Trinajstić information content (AvgIpc) is 1.83. The normalized spacial score (nSPS) is 10.5. The van der Waals surface area contributed by atoms with Crippen molar-refractivity contribution >= 4 is 0 Å². The van der Waals surface area contributed by atoms with Crippen LogP contribution in [0.25, 0.3) is 0 Å². The Hall–Kier alpha value is -0.120. The molecule has 0 fully saturated rings.